The summed E-state index contributed by atoms with van der Waals surface area (Å²) < 4.78 is 41.1. The summed E-state index contributed by atoms with van der Waals surface area (Å²) in [6, 6.07) is 6.05. The van der Waals surface area contributed by atoms with Crippen LogP contribution in [0.4, 0.5) is 13.2 Å². The number of hydrogen-bond acceptors (Lipinski definition) is 4. The van der Waals surface area contributed by atoms with Crippen LogP contribution in [0.5, 0.6) is 5.75 Å². The number of nitrogens with one attached hydrogen (secondary N) is 1. The van der Waals surface area contributed by atoms with Crippen molar-refractivity contribution in [3.8, 4) is 5.75 Å². The van der Waals surface area contributed by atoms with Crippen molar-refractivity contribution in [2.45, 2.75) is 25.9 Å². The standard InChI is InChI=1S/C16H22F3N3O2/c1-12-10-21(2)7-8-22(12)11-15(23)20-9-13-5-3-4-6-14(13)24-16(17,18)19/h3-6,12H,7-11H2,1-2H3,(H,20,23). The van der Waals surface area contributed by atoms with Gasteiger partial charge in [-0.1, -0.05) is 18.2 Å². The Kier molecular flexibility index (Phi) is 6.06. The minimum Gasteiger partial charge on any atom is -0.405 e. The normalized spacial score (nSPS) is 20.0. The molecule has 0 aromatic heterocycles. The lowest BCUT2D eigenvalue weighted by Gasteiger charge is -2.37. The van der Waals surface area contributed by atoms with Crippen molar-refractivity contribution in [1.29, 1.82) is 0 Å². The third-order valence-electron chi connectivity index (χ3n) is 3.99. The molecule has 8 heteroatoms. The molecule has 5 nitrogen and oxygen atoms in total. The number of carbonyl (C=O) groups excluding carboxylic acids is 1. The van der Waals surface area contributed by atoms with Crippen LogP contribution in [0.25, 0.3) is 0 Å². The molecule has 1 aromatic carbocycles. The molecule has 1 aliphatic rings. The highest BCUT2D eigenvalue weighted by molar-refractivity contribution is 5.78. The molecular formula is C16H22F3N3O2. The first-order chi connectivity index (χ1) is 11.2. The molecule has 1 amide bonds. The molecule has 1 aromatic rings. The van der Waals surface area contributed by atoms with Crippen molar-refractivity contribution in [2.75, 3.05) is 33.2 Å². The molecule has 0 saturated carbocycles. The second kappa shape index (κ2) is 7.85. The third kappa shape index (κ3) is 5.68. The summed E-state index contributed by atoms with van der Waals surface area (Å²) in [5, 5.41) is 2.66. The zero-order valence-corrected chi connectivity index (χ0v) is 13.8. The highest BCUT2D eigenvalue weighted by Crippen LogP contribution is 2.26. The summed E-state index contributed by atoms with van der Waals surface area (Å²) in [7, 11) is 2.03. The lowest BCUT2D eigenvalue weighted by molar-refractivity contribution is -0.274. The number of halogens is 3. The van der Waals surface area contributed by atoms with Gasteiger partial charge in [0.25, 0.3) is 0 Å². The van der Waals surface area contributed by atoms with Crippen LogP contribution in [-0.2, 0) is 11.3 Å². The van der Waals surface area contributed by atoms with E-state index < -0.39 is 6.36 Å². The number of ether oxygens (including phenoxy) is 1. The van der Waals surface area contributed by atoms with E-state index in [9.17, 15) is 18.0 Å². The van der Waals surface area contributed by atoms with Gasteiger partial charge in [0.1, 0.15) is 5.75 Å². The molecule has 134 valence electrons. The van der Waals surface area contributed by atoms with E-state index in [1.165, 1.54) is 18.2 Å². The van der Waals surface area contributed by atoms with Crippen LogP contribution in [-0.4, -0.2) is 61.3 Å². The number of rotatable bonds is 5. The van der Waals surface area contributed by atoms with Gasteiger partial charge in [-0.3, -0.25) is 9.69 Å². The van der Waals surface area contributed by atoms with Gasteiger partial charge in [0.05, 0.1) is 6.54 Å². The fourth-order valence-corrected chi connectivity index (χ4v) is 2.72. The molecule has 1 fully saturated rings. The van der Waals surface area contributed by atoms with E-state index in [1.807, 2.05) is 7.05 Å². The zero-order valence-electron chi connectivity index (χ0n) is 13.8. The second-order valence-electron chi connectivity index (χ2n) is 6.01. The molecule has 1 unspecified atom stereocenters. The maximum atomic E-state index is 12.4. The Hall–Kier alpha value is -1.80. The molecule has 1 heterocycles. The monoisotopic (exact) mass is 345 g/mol. The van der Waals surface area contributed by atoms with Gasteiger partial charge in [-0.05, 0) is 20.0 Å². The summed E-state index contributed by atoms with van der Waals surface area (Å²) in [6.07, 6.45) is -4.75. The van der Waals surface area contributed by atoms with Gasteiger partial charge in [-0.25, -0.2) is 0 Å². The van der Waals surface area contributed by atoms with Crippen molar-refractivity contribution in [2.24, 2.45) is 0 Å². The van der Waals surface area contributed by atoms with E-state index in [0.717, 1.165) is 19.6 Å². The molecule has 24 heavy (non-hydrogen) atoms. The van der Waals surface area contributed by atoms with Gasteiger partial charge >= 0.3 is 6.36 Å². The van der Waals surface area contributed by atoms with Crippen molar-refractivity contribution >= 4 is 5.91 Å². The average molecular weight is 345 g/mol. The van der Waals surface area contributed by atoms with Crippen LogP contribution in [0.15, 0.2) is 24.3 Å². The highest BCUT2D eigenvalue weighted by Gasteiger charge is 2.32. The Morgan fingerprint density at radius 1 is 1.33 bits per heavy atom. The number of benzene rings is 1. The van der Waals surface area contributed by atoms with Crippen molar-refractivity contribution in [3.05, 3.63) is 29.8 Å². The SMILES string of the molecule is CC1CN(C)CCN1CC(=O)NCc1ccccc1OC(F)(F)F. The minimum atomic E-state index is -4.75. The van der Waals surface area contributed by atoms with Gasteiger partial charge in [0.15, 0.2) is 0 Å². The van der Waals surface area contributed by atoms with E-state index in [4.69, 9.17) is 0 Å². The lowest BCUT2D eigenvalue weighted by atomic mass is 10.2. The quantitative estimate of drug-likeness (QED) is 0.885. The van der Waals surface area contributed by atoms with Crippen molar-refractivity contribution in [3.63, 3.8) is 0 Å². The highest BCUT2D eigenvalue weighted by atomic mass is 19.4. The molecule has 0 aliphatic carbocycles. The molecule has 0 bridgehead atoms. The number of para-hydroxylation sites is 1. The Morgan fingerprint density at radius 2 is 2.04 bits per heavy atom. The van der Waals surface area contributed by atoms with Crippen LogP contribution in [0.2, 0.25) is 0 Å². The lowest BCUT2D eigenvalue weighted by Crippen LogP contribution is -2.53. The summed E-state index contributed by atoms with van der Waals surface area (Å²) >= 11 is 0. The average Bonchev–Trinajstić information content (AvgIpc) is 2.48. The summed E-state index contributed by atoms with van der Waals surface area (Å²) in [5.41, 5.74) is 0.287. The smallest absolute Gasteiger partial charge is 0.405 e. The predicted octanol–water partition coefficient (Wildman–Crippen LogP) is 1.84. The van der Waals surface area contributed by atoms with Gasteiger partial charge in [-0.15, -0.1) is 13.2 Å². The first kappa shape index (κ1) is 18.5. The fraction of sp³-hybridized carbons (Fsp3) is 0.562. The van der Waals surface area contributed by atoms with Crippen molar-refractivity contribution < 1.29 is 22.7 Å². The summed E-state index contributed by atoms with van der Waals surface area (Å²) in [5.74, 6) is -0.508. The first-order valence-corrected chi connectivity index (χ1v) is 7.77. The number of nitrogens with zero attached hydrogens (tertiary/aromatic N) is 2. The Labute approximate surface area is 139 Å². The molecule has 0 spiro atoms. The molecule has 1 aliphatic heterocycles. The van der Waals surface area contributed by atoms with Crippen LogP contribution in [0, 0.1) is 0 Å². The topological polar surface area (TPSA) is 44.8 Å². The van der Waals surface area contributed by atoms with Crippen LogP contribution < -0.4 is 10.1 Å². The Balaban J connectivity index is 1.88. The van der Waals surface area contributed by atoms with E-state index >= 15 is 0 Å². The minimum absolute atomic E-state index is 0.00674. The number of piperazine rings is 1. The molecule has 1 saturated heterocycles. The second-order valence-corrected chi connectivity index (χ2v) is 6.01. The van der Waals surface area contributed by atoms with Crippen molar-refractivity contribution in [1.82, 2.24) is 15.1 Å². The molecule has 0 radical (unpaired) electrons. The molecule has 1 N–H and O–H groups in total. The summed E-state index contributed by atoms with van der Waals surface area (Å²) in [4.78, 5) is 16.3. The summed E-state index contributed by atoms with van der Waals surface area (Å²) in [6.45, 7) is 4.84. The Morgan fingerprint density at radius 3 is 2.71 bits per heavy atom. The van der Waals surface area contributed by atoms with Crippen LogP contribution in [0.1, 0.15) is 12.5 Å². The number of amides is 1. The predicted molar refractivity (Wildman–Crippen MR) is 83.5 cm³/mol. The van der Waals surface area contributed by atoms with Crippen LogP contribution >= 0.6 is 0 Å². The maximum Gasteiger partial charge on any atom is 0.573 e. The number of alkyl halides is 3. The molecule has 2 rings (SSSR count). The fourth-order valence-electron chi connectivity index (χ4n) is 2.72. The van der Waals surface area contributed by atoms with Gasteiger partial charge in [0, 0.05) is 37.8 Å². The largest absolute Gasteiger partial charge is 0.573 e. The third-order valence-corrected chi connectivity index (χ3v) is 3.99. The Bertz CT molecular complexity index is 566. The van der Waals surface area contributed by atoms with E-state index in [1.54, 1.807) is 6.07 Å². The van der Waals surface area contributed by atoms with E-state index in [-0.39, 0.29) is 36.4 Å². The first-order valence-electron chi connectivity index (χ1n) is 7.77. The van der Waals surface area contributed by atoms with Gasteiger partial charge < -0.3 is 15.0 Å². The van der Waals surface area contributed by atoms with Gasteiger partial charge in [-0.2, -0.15) is 0 Å². The van der Waals surface area contributed by atoms with E-state index in [2.05, 4.69) is 26.8 Å². The zero-order chi connectivity index (χ0) is 17.7. The number of likely N-dealkylation sites (N-methyl/N-ethyl adjacent to an activating group) is 1. The number of carbonyl (C=O) groups is 1. The maximum absolute atomic E-state index is 12.4. The van der Waals surface area contributed by atoms with Gasteiger partial charge in [0.2, 0.25) is 5.91 Å². The van der Waals surface area contributed by atoms with Crippen LogP contribution in [0.3, 0.4) is 0 Å². The molecular weight excluding hydrogens is 323 g/mol. The number of hydrogen-bond donors (Lipinski definition) is 1. The molecule has 1 atom stereocenters. The van der Waals surface area contributed by atoms with E-state index in [0.29, 0.717) is 0 Å².